The van der Waals surface area contributed by atoms with Gasteiger partial charge in [-0.1, -0.05) is 25.1 Å². The van der Waals surface area contributed by atoms with Gasteiger partial charge in [-0.15, -0.1) is 0 Å². The van der Waals surface area contributed by atoms with E-state index in [1.165, 1.54) is 6.07 Å². The maximum atomic E-state index is 13.8. The normalized spacial score (nSPS) is 26.0. The predicted octanol–water partition coefficient (Wildman–Crippen LogP) is 2.33. The molecular formula is C17H20FNO3. The van der Waals surface area contributed by atoms with Gasteiger partial charge < -0.3 is 10.0 Å². The van der Waals surface area contributed by atoms with Crippen molar-refractivity contribution in [3.8, 4) is 0 Å². The Morgan fingerprint density at radius 2 is 2.00 bits per heavy atom. The number of aliphatic carboxylic acids is 1. The first kappa shape index (κ1) is 15.0. The number of likely N-dealkylation sites (tertiary alicyclic amines) is 1. The summed E-state index contributed by atoms with van der Waals surface area (Å²) in [6.07, 6.45) is 1.91. The Morgan fingerprint density at radius 3 is 2.55 bits per heavy atom. The molecule has 1 aromatic rings. The zero-order valence-corrected chi connectivity index (χ0v) is 12.6. The van der Waals surface area contributed by atoms with Crippen molar-refractivity contribution in [2.24, 2.45) is 17.3 Å². The van der Waals surface area contributed by atoms with Crippen molar-refractivity contribution >= 4 is 11.9 Å². The Labute approximate surface area is 128 Å². The summed E-state index contributed by atoms with van der Waals surface area (Å²) in [5.41, 5.74) is 0.0466. The number of nitrogens with zero attached hydrogens (tertiary/aromatic N) is 1. The third kappa shape index (κ3) is 2.60. The molecule has 0 radical (unpaired) electrons. The van der Waals surface area contributed by atoms with Crippen LogP contribution in [0.2, 0.25) is 0 Å². The summed E-state index contributed by atoms with van der Waals surface area (Å²) in [6.45, 7) is 2.62. The fourth-order valence-electron chi connectivity index (χ4n) is 3.41. The van der Waals surface area contributed by atoms with Gasteiger partial charge in [0.05, 0.1) is 11.3 Å². The molecule has 0 aromatic heterocycles. The third-order valence-electron chi connectivity index (χ3n) is 5.01. The van der Waals surface area contributed by atoms with Gasteiger partial charge in [0.1, 0.15) is 5.82 Å². The standard InChI is InChI=1S/C17H20FNO3/c1-11-9-19(10-13(11)15(20)21)16(22)17(6-7-17)8-12-4-2-3-5-14(12)18/h2-5,11,13H,6-10H2,1H3,(H,20,21)/t11-,13-/m1/s1. The first-order valence-corrected chi connectivity index (χ1v) is 7.68. The number of carbonyl (C=O) groups is 2. The first-order chi connectivity index (χ1) is 10.4. The Hall–Kier alpha value is -1.91. The van der Waals surface area contributed by atoms with Crippen molar-refractivity contribution in [3.05, 3.63) is 35.6 Å². The summed E-state index contributed by atoms with van der Waals surface area (Å²) in [5.74, 6) is -1.66. The van der Waals surface area contributed by atoms with Crippen LogP contribution in [-0.2, 0) is 16.0 Å². The van der Waals surface area contributed by atoms with E-state index >= 15 is 0 Å². The minimum Gasteiger partial charge on any atom is -0.481 e. The lowest BCUT2D eigenvalue weighted by molar-refractivity contribution is -0.142. The quantitative estimate of drug-likeness (QED) is 0.929. The Bertz CT molecular complexity index is 612. The van der Waals surface area contributed by atoms with Crippen LogP contribution in [0.5, 0.6) is 0 Å². The van der Waals surface area contributed by atoms with E-state index in [4.69, 9.17) is 0 Å². The number of hydrogen-bond acceptors (Lipinski definition) is 2. The highest BCUT2D eigenvalue weighted by Gasteiger charge is 2.53. The Morgan fingerprint density at radius 1 is 1.32 bits per heavy atom. The average Bonchev–Trinajstić information content (AvgIpc) is 3.15. The number of rotatable bonds is 4. The maximum Gasteiger partial charge on any atom is 0.308 e. The number of hydrogen-bond donors (Lipinski definition) is 1. The molecule has 1 aromatic carbocycles. The Kier molecular flexibility index (Phi) is 3.67. The maximum absolute atomic E-state index is 13.8. The number of carbonyl (C=O) groups excluding carboxylic acids is 1. The van der Waals surface area contributed by atoms with Crippen LogP contribution >= 0.6 is 0 Å². The molecule has 1 aliphatic heterocycles. The highest BCUT2D eigenvalue weighted by Crippen LogP contribution is 2.51. The van der Waals surface area contributed by atoms with E-state index in [9.17, 15) is 19.1 Å². The van der Waals surface area contributed by atoms with Gasteiger partial charge in [0.25, 0.3) is 0 Å². The SMILES string of the molecule is C[C@@H]1CN(C(=O)C2(Cc3ccccc3F)CC2)C[C@H]1C(=O)O. The molecule has 0 bridgehead atoms. The molecule has 1 amide bonds. The molecule has 5 heteroatoms. The fourth-order valence-corrected chi connectivity index (χ4v) is 3.41. The number of carboxylic acids is 1. The van der Waals surface area contributed by atoms with Crippen LogP contribution in [0.3, 0.4) is 0 Å². The average molecular weight is 305 g/mol. The molecule has 4 nitrogen and oxygen atoms in total. The topological polar surface area (TPSA) is 57.6 Å². The molecule has 1 aliphatic carbocycles. The monoisotopic (exact) mass is 305 g/mol. The molecule has 22 heavy (non-hydrogen) atoms. The van der Waals surface area contributed by atoms with Gasteiger partial charge >= 0.3 is 5.97 Å². The lowest BCUT2D eigenvalue weighted by atomic mass is 9.94. The summed E-state index contributed by atoms with van der Waals surface area (Å²) in [4.78, 5) is 25.6. The van der Waals surface area contributed by atoms with E-state index in [0.29, 0.717) is 18.5 Å². The van der Waals surface area contributed by atoms with Gasteiger partial charge in [0.15, 0.2) is 0 Å². The summed E-state index contributed by atoms with van der Waals surface area (Å²) in [5, 5.41) is 9.19. The number of benzene rings is 1. The van der Waals surface area contributed by atoms with Crippen LogP contribution in [0, 0.1) is 23.1 Å². The third-order valence-corrected chi connectivity index (χ3v) is 5.01. The van der Waals surface area contributed by atoms with Crippen molar-refractivity contribution < 1.29 is 19.1 Å². The van der Waals surface area contributed by atoms with E-state index in [0.717, 1.165) is 12.8 Å². The molecule has 3 rings (SSSR count). The summed E-state index contributed by atoms with van der Waals surface area (Å²) in [7, 11) is 0. The molecule has 2 aliphatic rings. The molecule has 1 saturated heterocycles. The van der Waals surface area contributed by atoms with Crippen LogP contribution in [0.15, 0.2) is 24.3 Å². The largest absolute Gasteiger partial charge is 0.481 e. The van der Waals surface area contributed by atoms with E-state index in [1.54, 1.807) is 23.1 Å². The van der Waals surface area contributed by atoms with Crippen molar-refractivity contribution in [3.63, 3.8) is 0 Å². The molecule has 0 unspecified atom stereocenters. The zero-order valence-electron chi connectivity index (χ0n) is 12.6. The van der Waals surface area contributed by atoms with Crippen molar-refractivity contribution in [1.29, 1.82) is 0 Å². The fraction of sp³-hybridized carbons (Fsp3) is 0.529. The molecule has 1 saturated carbocycles. The molecule has 118 valence electrons. The minimum atomic E-state index is -0.846. The number of carboxylic acid groups (broad SMARTS) is 1. The van der Waals surface area contributed by atoms with Crippen molar-refractivity contribution in [2.45, 2.75) is 26.2 Å². The van der Waals surface area contributed by atoms with Crippen LogP contribution in [-0.4, -0.2) is 35.0 Å². The second kappa shape index (κ2) is 5.38. The van der Waals surface area contributed by atoms with Crippen LogP contribution in [0.1, 0.15) is 25.3 Å². The summed E-state index contributed by atoms with van der Waals surface area (Å²) >= 11 is 0. The molecular weight excluding hydrogens is 285 g/mol. The number of amides is 1. The van der Waals surface area contributed by atoms with Gasteiger partial charge in [0.2, 0.25) is 5.91 Å². The van der Waals surface area contributed by atoms with Gasteiger partial charge in [-0.3, -0.25) is 9.59 Å². The van der Waals surface area contributed by atoms with Gasteiger partial charge in [-0.2, -0.15) is 0 Å². The van der Waals surface area contributed by atoms with E-state index < -0.39 is 17.3 Å². The lowest BCUT2D eigenvalue weighted by Gasteiger charge is -2.23. The second-order valence-electron chi connectivity index (χ2n) is 6.68. The van der Waals surface area contributed by atoms with Crippen LogP contribution in [0.25, 0.3) is 0 Å². The summed E-state index contributed by atoms with van der Waals surface area (Å²) in [6, 6.07) is 6.54. The van der Waals surface area contributed by atoms with Crippen molar-refractivity contribution in [1.82, 2.24) is 4.90 Å². The summed E-state index contributed by atoms with van der Waals surface area (Å²) < 4.78 is 13.8. The highest BCUT2D eigenvalue weighted by molar-refractivity contribution is 5.87. The lowest BCUT2D eigenvalue weighted by Crippen LogP contribution is -2.37. The zero-order chi connectivity index (χ0) is 15.9. The smallest absolute Gasteiger partial charge is 0.308 e. The van der Waals surface area contributed by atoms with Gasteiger partial charge in [-0.25, -0.2) is 4.39 Å². The molecule has 1 N–H and O–H groups in total. The minimum absolute atomic E-state index is 0.00801. The van der Waals surface area contributed by atoms with Gasteiger partial charge in [0, 0.05) is 13.1 Å². The number of halogens is 1. The Balaban J connectivity index is 1.73. The second-order valence-corrected chi connectivity index (χ2v) is 6.68. The van der Waals surface area contributed by atoms with Crippen LogP contribution < -0.4 is 0 Å². The molecule has 1 heterocycles. The predicted molar refractivity (Wildman–Crippen MR) is 78.6 cm³/mol. The van der Waals surface area contributed by atoms with E-state index in [1.807, 2.05) is 6.92 Å². The molecule has 2 fully saturated rings. The molecule has 2 atom stereocenters. The van der Waals surface area contributed by atoms with E-state index in [2.05, 4.69) is 0 Å². The van der Waals surface area contributed by atoms with E-state index in [-0.39, 0.29) is 24.2 Å². The van der Waals surface area contributed by atoms with Crippen molar-refractivity contribution in [2.75, 3.05) is 13.1 Å². The van der Waals surface area contributed by atoms with Gasteiger partial charge in [-0.05, 0) is 36.8 Å². The highest BCUT2D eigenvalue weighted by atomic mass is 19.1. The first-order valence-electron chi connectivity index (χ1n) is 7.68. The molecule has 0 spiro atoms. The van der Waals surface area contributed by atoms with Crippen LogP contribution in [0.4, 0.5) is 4.39 Å².